The highest BCUT2D eigenvalue weighted by atomic mass is 32.1. The summed E-state index contributed by atoms with van der Waals surface area (Å²) in [6, 6.07) is 3.50. The molecule has 0 unspecified atom stereocenters. The quantitative estimate of drug-likeness (QED) is 0.225. The number of nitrogens with zero attached hydrogens (tertiary/aromatic N) is 7. The lowest BCUT2D eigenvalue weighted by Gasteiger charge is -2.39. The van der Waals surface area contributed by atoms with Gasteiger partial charge in [0.1, 0.15) is 30.1 Å². The van der Waals surface area contributed by atoms with Crippen molar-refractivity contribution in [1.29, 1.82) is 0 Å². The molecular weight excluding hydrogens is 554 g/mol. The molecule has 1 aliphatic rings. The average molecular weight is 584 g/mol. The van der Waals surface area contributed by atoms with E-state index in [1.54, 1.807) is 37.9 Å². The number of carbonyl (C=O) groups is 2. The van der Waals surface area contributed by atoms with Crippen molar-refractivity contribution in [2.75, 3.05) is 51.5 Å². The SMILES string of the molecule is COCCOCCOc1cc(CC(=O)C2CN(c3cc(C)c4c(=O)c(C(=O)O)cn(-c5ncns5)c4n3)C2)nn1C. The van der Waals surface area contributed by atoms with Crippen molar-refractivity contribution in [3.63, 3.8) is 0 Å². The molecule has 216 valence electrons. The van der Waals surface area contributed by atoms with E-state index >= 15 is 0 Å². The van der Waals surface area contributed by atoms with Crippen molar-refractivity contribution in [3.05, 3.63) is 51.7 Å². The van der Waals surface area contributed by atoms with Crippen LogP contribution < -0.4 is 15.1 Å². The minimum Gasteiger partial charge on any atom is -0.477 e. The Balaban J connectivity index is 1.26. The zero-order valence-corrected chi connectivity index (χ0v) is 23.6. The smallest absolute Gasteiger partial charge is 0.341 e. The van der Waals surface area contributed by atoms with Crippen LogP contribution in [0.3, 0.4) is 0 Å². The Labute approximate surface area is 238 Å². The third-order valence-corrected chi connectivity index (χ3v) is 7.41. The second-order valence-corrected chi connectivity index (χ2v) is 10.3. The lowest BCUT2D eigenvalue weighted by Crippen LogP contribution is -2.51. The molecule has 0 aromatic carbocycles. The molecule has 4 aromatic heterocycles. The van der Waals surface area contributed by atoms with Crippen molar-refractivity contribution >= 4 is 40.1 Å². The summed E-state index contributed by atoms with van der Waals surface area (Å²) in [5.74, 6) is -0.333. The molecule has 4 aromatic rings. The number of hydrogen-bond donors (Lipinski definition) is 1. The van der Waals surface area contributed by atoms with E-state index in [-0.39, 0.29) is 34.7 Å². The number of ketones is 1. The zero-order chi connectivity index (χ0) is 29.1. The van der Waals surface area contributed by atoms with Gasteiger partial charge in [0, 0.05) is 51.0 Å². The molecule has 1 aliphatic heterocycles. The molecule has 0 amide bonds. The molecule has 5 rings (SSSR count). The van der Waals surface area contributed by atoms with Crippen LogP contribution in [0.25, 0.3) is 16.2 Å². The molecule has 0 radical (unpaired) electrons. The number of carboxylic acid groups (broad SMARTS) is 1. The van der Waals surface area contributed by atoms with Gasteiger partial charge < -0.3 is 24.2 Å². The van der Waals surface area contributed by atoms with E-state index in [1.807, 2.05) is 4.90 Å². The third-order valence-electron chi connectivity index (χ3n) is 6.74. The number of carbonyl (C=O) groups excluding carboxylic acids is 1. The van der Waals surface area contributed by atoms with Crippen LogP contribution >= 0.6 is 11.5 Å². The molecule has 0 saturated carbocycles. The lowest BCUT2D eigenvalue weighted by atomic mass is 9.92. The number of ether oxygens (including phenoxy) is 3. The second-order valence-electron chi connectivity index (χ2n) is 9.56. The number of pyridine rings is 2. The number of aromatic carboxylic acids is 1. The normalized spacial score (nSPS) is 13.5. The molecule has 0 spiro atoms. The summed E-state index contributed by atoms with van der Waals surface area (Å²) >= 11 is 1.05. The molecular formula is C26H29N7O7S. The van der Waals surface area contributed by atoms with Gasteiger partial charge in [0.25, 0.3) is 0 Å². The summed E-state index contributed by atoms with van der Waals surface area (Å²) in [5.41, 5.74) is 0.501. The van der Waals surface area contributed by atoms with Crippen molar-refractivity contribution < 1.29 is 28.9 Å². The van der Waals surface area contributed by atoms with Crippen LogP contribution in [0.5, 0.6) is 5.88 Å². The van der Waals surface area contributed by atoms with Crippen LogP contribution in [0.15, 0.2) is 29.5 Å². The third kappa shape index (κ3) is 5.96. The number of methoxy groups -OCH3 is 1. The van der Waals surface area contributed by atoms with Crippen LogP contribution in [0.4, 0.5) is 5.82 Å². The number of hydrogen-bond acceptors (Lipinski definition) is 12. The molecule has 1 fully saturated rings. The number of Topliss-reactive ketones (excluding diaryl/α,β-unsaturated/α-hetero) is 1. The fourth-order valence-corrected chi connectivity index (χ4v) is 5.09. The molecule has 1 N–H and O–H groups in total. The largest absolute Gasteiger partial charge is 0.477 e. The fourth-order valence-electron chi connectivity index (χ4n) is 4.58. The van der Waals surface area contributed by atoms with Gasteiger partial charge in [-0.05, 0) is 18.6 Å². The van der Waals surface area contributed by atoms with Crippen molar-refractivity contribution in [2.24, 2.45) is 13.0 Å². The van der Waals surface area contributed by atoms with Crippen LogP contribution in [0.2, 0.25) is 0 Å². The Morgan fingerprint density at radius 2 is 1.95 bits per heavy atom. The molecule has 5 heterocycles. The number of anilines is 1. The number of carboxylic acids is 1. The molecule has 14 nitrogen and oxygen atoms in total. The monoisotopic (exact) mass is 583 g/mol. The van der Waals surface area contributed by atoms with Crippen LogP contribution in [0.1, 0.15) is 21.6 Å². The predicted octanol–water partition coefficient (Wildman–Crippen LogP) is 1.27. The van der Waals surface area contributed by atoms with Gasteiger partial charge in [-0.1, -0.05) is 0 Å². The molecule has 0 atom stereocenters. The Morgan fingerprint density at radius 3 is 2.66 bits per heavy atom. The number of rotatable bonds is 13. The van der Waals surface area contributed by atoms with Gasteiger partial charge in [-0.25, -0.2) is 19.4 Å². The van der Waals surface area contributed by atoms with E-state index in [2.05, 4.69) is 14.5 Å². The highest BCUT2D eigenvalue weighted by Gasteiger charge is 2.34. The molecule has 0 aliphatic carbocycles. The van der Waals surface area contributed by atoms with Gasteiger partial charge in [-0.3, -0.25) is 14.2 Å². The number of aromatic nitrogens is 6. The summed E-state index contributed by atoms with van der Waals surface area (Å²) in [7, 11) is 3.37. The van der Waals surface area contributed by atoms with E-state index < -0.39 is 11.4 Å². The van der Waals surface area contributed by atoms with Crippen molar-refractivity contribution in [3.8, 4) is 11.0 Å². The first-order valence-corrected chi connectivity index (χ1v) is 13.6. The Kier molecular flexibility index (Phi) is 8.37. The standard InChI is InChI=1S/C26H29N7O7S/c1-15-8-20(29-24-22(15)23(35)18(25(36)37)13-33(24)26-27-14-28-41-26)32-11-16(12-32)19(34)9-17-10-21(31(2)30-17)40-7-6-39-5-4-38-3/h8,10,13-14,16H,4-7,9,11-12H2,1-3H3,(H,36,37). The molecule has 41 heavy (non-hydrogen) atoms. The van der Waals surface area contributed by atoms with Crippen LogP contribution in [-0.2, 0) is 27.7 Å². The van der Waals surface area contributed by atoms with Crippen LogP contribution in [0, 0.1) is 12.8 Å². The average Bonchev–Trinajstić information content (AvgIpc) is 3.55. The zero-order valence-electron chi connectivity index (χ0n) is 22.8. The topological polar surface area (TPSA) is 164 Å². The Morgan fingerprint density at radius 1 is 1.17 bits per heavy atom. The number of fused-ring (bicyclic) bond motifs is 1. The van der Waals surface area contributed by atoms with Gasteiger partial charge in [0.2, 0.25) is 16.4 Å². The van der Waals surface area contributed by atoms with Crippen LogP contribution in [-0.4, -0.2) is 92.2 Å². The fraction of sp³-hybridized carbons (Fsp3) is 0.423. The van der Waals surface area contributed by atoms with Gasteiger partial charge in [0.05, 0.1) is 43.2 Å². The van der Waals surface area contributed by atoms with E-state index in [9.17, 15) is 19.5 Å². The Hall–Kier alpha value is -4.21. The first kappa shape index (κ1) is 28.3. The molecule has 15 heteroatoms. The van der Waals surface area contributed by atoms with Crippen molar-refractivity contribution in [2.45, 2.75) is 13.3 Å². The Bertz CT molecular complexity index is 1630. The van der Waals surface area contributed by atoms with E-state index in [1.165, 1.54) is 17.1 Å². The van der Waals surface area contributed by atoms with Gasteiger partial charge >= 0.3 is 5.97 Å². The highest BCUT2D eigenvalue weighted by molar-refractivity contribution is 7.08. The first-order chi connectivity index (χ1) is 19.8. The first-order valence-electron chi connectivity index (χ1n) is 12.8. The van der Waals surface area contributed by atoms with E-state index in [4.69, 9.17) is 19.2 Å². The minimum absolute atomic E-state index is 0.0585. The maximum Gasteiger partial charge on any atom is 0.341 e. The minimum atomic E-state index is -1.33. The maximum absolute atomic E-state index is 13.0. The summed E-state index contributed by atoms with van der Waals surface area (Å²) in [4.78, 5) is 48.5. The maximum atomic E-state index is 13.0. The van der Waals surface area contributed by atoms with Gasteiger partial charge in [0.15, 0.2) is 5.65 Å². The van der Waals surface area contributed by atoms with Crippen molar-refractivity contribution in [1.82, 2.24) is 28.7 Å². The molecule has 0 bridgehead atoms. The van der Waals surface area contributed by atoms with E-state index in [0.29, 0.717) is 67.6 Å². The summed E-state index contributed by atoms with van der Waals surface area (Å²) in [6.45, 7) is 4.44. The molecule has 1 saturated heterocycles. The van der Waals surface area contributed by atoms with E-state index in [0.717, 1.165) is 11.5 Å². The highest BCUT2D eigenvalue weighted by Crippen LogP contribution is 2.29. The predicted molar refractivity (Wildman–Crippen MR) is 148 cm³/mol. The summed E-state index contributed by atoms with van der Waals surface area (Å²) in [6.07, 6.45) is 2.76. The van der Waals surface area contributed by atoms with Gasteiger partial charge in [-0.15, -0.1) is 0 Å². The van der Waals surface area contributed by atoms with Gasteiger partial charge in [-0.2, -0.15) is 9.47 Å². The summed E-state index contributed by atoms with van der Waals surface area (Å²) < 4.78 is 23.1. The second kappa shape index (κ2) is 12.1. The summed E-state index contributed by atoms with van der Waals surface area (Å²) in [5, 5.41) is 14.6. The lowest BCUT2D eigenvalue weighted by molar-refractivity contribution is -0.123. The number of aryl methyl sites for hydroxylation is 2.